The quantitative estimate of drug-likeness (QED) is 0.666. The number of methoxy groups -OCH3 is 1. The van der Waals surface area contributed by atoms with Gasteiger partial charge in [-0.3, -0.25) is 0 Å². The molecule has 0 aliphatic carbocycles. The number of fused-ring (bicyclic) bond motifs is 1. The third-order valence-electron chi connectivity index (χ3n) is 3.95. The van der Waals surface area contributed by atoms with Gasteiger partial charge in [-0.2, -0.15) is 0 Å². The van der Waals surface area contributed by atoms with Crippen LogP contribution in [-0.2, 0) is 6.42 Å². The van der Waals surface area contributed by atoms with Gasteiger partial charge in [-0.1, -0.05) is 18.2 Å². The van der Waals surface area contributed by atoms with Crippen molar-refractivity contribution in [2.24, 2.45) is 0 Å². The molecule has 1 aromatic heterocycles. The van der Waals surface area contributed by atoms with Crippen molar-refractivity contribution >= 4 is 11.0 Å². The van der Waals surface area contributed by atoms with E-state index in [1.165, 1.54) is 5.56 Å². The summed E-state index contributed by atoms with van der Waals surface area (Å²) >= 11 is 0. The molecular weight excluding hydrogens is 300 g/mol. The van der Waals surface area contributed by atoms with Crippen molar-refractivity contribution in [1.82, 2.24) is 9.97 Å². The van der Waals surface area contributed by atoms with Crippen molar-refractivity contribution in [3.05, 3.63) is 66.0 Å². The van der Waals surface area contributed by atoms with E-state index in [0.29, 0.717) is 11.5 Å². The van der Waals surface area contributed by atoms with Crippen molar-refractivity contribution < 1.29 is 9.47 Å². The van der Waals surface area contributed by atoms with E-state index in [4.69, 9.17) is 9.47 Å². The first-order valence-corrected chi connectivity index (χ1v) is 8.01. The van der Waals surface area contributed by atoms with Gasteiger partial charge in [0, 0.05) is 0 Å². The van der Waals surface area contributed by atoms with Crippen molar-refractivity contribution in [3.63, 3.8) is 0 Å². The van der Waals surface area contributed by atoms with Gasteiger partial charge >= 0.3 is 0 Å². The van der Waals surface area contributed by atoms with Gasteiger partial charge in [-0.25, -0.2) is 4.98 Å². The van der Waals surface area contributed by atoms with Gasteiger partial charge in [0.25, 0.3) is 0 Å². The van der Waals surface area contributed by atoms with Crippen LogP contribution >= 0.6 is 0 Å². The van der Waals surface area contributed by atoms with Gasteiger partial charge in [-0.15, -0.1) is 6.58 Å². The normalized spacial score (nSPS) is 12.1. The molecule has 1 heterocycles. The summed E-state index contributed by atoms with van der Waals surface area (Å²) in [6, 6.07) is 12.1. The van der Waals surface area contributed by atoms with Gasteiger partial charge in [0.1, 0.15) is 5.82 Å². The van der Waals surface area contributed by atoms with E-state index in [9.17, 15) is 0 Å². The minimum absolute atomic E-state index is 0.211. The summed E-state index contributed by atoms with van der Waals surface area (Å²) in [4.78, 5) is 7.95. The number of hydrogen-bond donors (Lipinski definition) is 1. The van der Waals surface area contributed by atoms with E-state index in [0.717, 1.165) is 28.8 Å². The van der Waals surface area contributed by atoms with E-state index in [1.54, 1.807) is 7.11 Å². The number of ether oxygens (including phenoxy) is 2. The lowest BCUT2D eigenvalue weighted by Crippen LogP contribution is -2.06. The molecule has 2 aromatic carbocycles. The molecule has 3 rings (SSSR count). The van der Waals surface area contributed by atoms with Gasteiger partial charge in [0.15, 0.2) is 17.6 Å². The Kier molecular flexibility index (Phi) is 4.56. The maximum atomic E-state index is 6.07. The second kappa shape index (κ2) is 6.79. The molecule has 0 saturated heterocycles. The Hall–Kier alpha value is -2.75. The summed E-state index contributed by atoms with van der Waals surface area (Å²) in [6.07, 6.45) is 2.46. The Morgan fingerprint density at radius 1 is 1.21 bits per heavy atom. The molecule has 3 aromatic rings. The summed E-state index contributed by atoms with van der Waals surface area (Å²) in [5.74, 6) is 2.22. The van der Waals surface area contributed by atoms with E-state index in [2.05, 4.69) is 35.6 Å². The Morgan fingerprint density at radius 2 is 2.04 bits per heavy atom. The van der Waals surface area contributed by atoms with Crippen molar-refractivity contribution in [2.45, 2.75) is 26.4 Å². The van der Waals surface area contributed by atoms with Gasteiger partial charge in [0.05, 0.1) is 18.1 Å². The van der Waals surface area contributed by atoms with Crippen LogP contribution in [0.1, 0.15) is 30.0 Å². The predicted molar refractivity (Wildman–Crippen MR) is 96.8 cm³/mol. The number of imidazole rings is 1. The molecule has 0 aliphatic rings. The molecule has 0 amide bonds. The number of H-pyrrole nitrogens is 1. The lowest BCUT2D eigenvalue weighted by molar-refractivity contribution is 0.208. The number of benzene rings is 2. The molecule has 1 unspecified atom stereocenters. The number of aromatic nitrogens is 2. The molecule has 1 atom stereocenters. The standard InChI is InChI=1S/C20H22N2O2/c1-5-6-15-8-10-18(19(12-15)23-4)24-14(3)20-21-16-9-7-13(2)11-17(16)22-20/h5,7-12,14H,1,6H2,2-4H3,(H,21,22). The molecule has 0 aliphatic heterocycles. The number of aromatic amines is 1. The highest BCUT2D eigenvalue weighted by Gasteiger charge is 2.15. The third-order valence-corrected chi connectivity index (χ3v) is 3.95. The fourth-order valence-corrected chi connectivity index (χ4v) is 2.68. The number of nitrogens with one attached hydrogen (secondary N) is 1. The lowest BCUT2D eigenvalue weighted by Gasteiger charge is -2.16. The van der Waals surface area contributed by atoms with Gasteiger partial charge < -0.3 is 14.5 Å². The third kappa shape index (κ3) is 3.27. The smallest absolute Gasteiger partial charge is 0.162 e. The lowest BCUT2D eigenvalue weighted by atomic mass is 10.1. The molecule has 0 radical (unpaired) electrons. The highest BCUT2D eigenvalue weighted by molar-refractivity contribution is 5.75. The second-order valence-corrected chi connectivity index (χ2v) is 5.88. The Balaban J connectivity index is 1.84. The van der Waals surface area contributed by atoms with E-state index < -0.39 is 0 Å². The largest absolute Gasteiger partial charge is 0.493 e. The van der Waals surface area contributed by atoms with E-state index in [-0.39, 0.29) is 6.10 Å². The molecule has 4 nitrogen and oxygen atoms in total. The van der Waals surface area contributed by atoms with Crippen LogP contribution in [0.15, 0.2) is 49.1 Å². The zero-order valence-corrected chi connectivity index (χ0v) is 14.3. The van der Waals surface area contributed by atoms with Crippen LogP contribution in [0.4, 0.5) is 0 Å². The predicted octanol–water partition coefficient (Wildman–Crippen LogP) is 4.75. The summed E-state index contributed by atoms with van der Waals surface area (Å²) in [7, 11) is 1.65. The zero-order chi connectivity index (χ0) is 17.1. The number of allylic oxidation sites excluding steroid dienone is 1. The molecule has 1 N–H and O–H groups in total. The maximum Gasteiger partial charge on any atom is 0.162 e. The number of rotatable bonds is 6. The molecule has 0 spiro atoms. The van der Waals surface area contributed by atoms with Crippen LogP contribution in [0.2, 0.25) is 0 Å². The fourth-order valence-electron chi connectivity index (χ4n) is 2.68. The van der Waals surface area contributed by atoms with Crippen LogP contribution < -0.4 is 9.47 Å². The van der Waals surface area contributed by atoms with Gasteiger partial charge in [0.2, 0.25) is 0 Å². The number of hydrogen-bond acceptors (Lipinski definition) is 3. The van der Waals surface area contributed by atoms with Crippen LogP contribution in [0.3, 0.4) is 0 Å². The minimum Gasteiger partial charge on any atom is -0.493 e. The molecule has 0 fully saturated rings. The van der Waals surface area contributed by atoms with Crippen molar-refractivity contribution in [2.75, 3.05) is 7.11 Å². The van der Waals surface area contributed by atoms with E-state index in [1.807, 2.05) is 37.3 Å². The molecule has 24 heavy (non-hydrogen) atoms. The summed E-state index contributed by atoms with van der Waals surface area (Å²) < 4.78 is 11.5. The monoisotopic (exact) mass is 322 g/mol. The zero-order valence-electron chi connectivity index (χ0n) is 14.3. The minimum atomic E-state index is -0.211. The van der Waals surface area contributed by atoms with E-state index >= 15 is 0 Å². The van der Waals surface area contributed by atoms with Gasteiger partial charge in [-0.05, 0) is 55.7 Å². The summed E-state index contributed by atoms with van der Waals surface area (Å²) in [6.45, 7) is 7.80. The molecule has 4 heteroatoms. The topological polar surface area (TPSA) is 47.1 Å². The molecule has 0 bridgehead atoms. The molecular formula is C20H22N2O2. The highest BCUT2D eigenvalue weighted by Crippen LogP contribution is 2.32. The number of aryl methyl sites for hydroxylation is 1. The summed E-state index contributed by atoms with van der Waals surface area (Å²) in [5, 5.41) is 0. The Morgan fingerprint density at radius 3 is 2.79 bits per heavy atom. The first-order valence-electron chi connectivity index (χ1n) is 8.01. The molecule has 124 valence electrons. The Bertz CT molecular complexity index is 867. The molecule has 0 saturated carbocycles. The first-order chi connectivity index (χ1) is 11.6. The van der Waals surface area contributed by atoms with Crippen LogP contribution in [0, 0.1) is 6.92 Å². The van der Waals surface area contributed by atoms with Crippen molar-refractivity contribution in [1.29, 1.82) is 0 Å². The first kappa shape index (κ1) is 16.1. The number of nitrogens with zero attached hydrogens (tertiary/aromatic N) is 1. The highest BCUT2D eigenvalue weighted by atomic mass is 16.5. The maximum absolute atomic E-state index is 6.07. The van der Waals surface area contributed by atoms with Crippen LogP contribution in [-0.4, -0.2) is 17.1 Å². The average Bonchev–Trinajstić information content (AvgIpc) is 2.99. The Labute approximate surface area is 142 Å². The van der Waals surface area contributed by atoms with Crippen LogP contribution in [0.25, 0.3) is 11.0 Å². The van der Waals surface area contributed by atoms with Crippen LogP contribution in [0.5, 0.6) is 11.5 Å². The summed E-state index contributed by atoms with van der Waals surface area (Å²) in [5.41, 5.74) is 4.31. The second-order valence-electron chi connectivity index (χ2n) is 5.88. The fraction of sp³-hybridized carbons (Fsp3) is 0.250. The average molecular weight is 322 g/mol. The SMILES string of the molecule is C=CCc1ccc(OC(C)c2nc3ccc(C)cc3[nH]2)c(OC)c1. The van der Waals surface area contributed by atoms with Crippen molar-refractivity contribution in [3.8, 4) is 11.5 Å².